The first-order valence-electron chi connectivity index (χ1n) is 10.7. The summed E-state index contributed by atoms with van der Waals surface area (Å²) in [7, 11) is -3.91. The second-order valence-corrected chi connectivity index (χ2v) is 10.2. The van der Waals surface area contributed by atoms with E-state index in [4.69, 9.17) is 0 Å². The molecule has 7 nitrogen and oxygen atoms in total. The summed E-state index contributed by atoms with van der Waals surface area (Å²) in [5.74, 6) is 0.406. The summed E-state index contributed by atoms with van der Waals surface area (Å²) in [5, 5.41) is 14.6. The molecule has 1 aliphatic heterocycles. The van der Waals surface area contributed by atoms with Crippen LogP contribution in [0.5, 0.6) is 0 Å². The molecule has 0 aromatic heterocycles. The summed E-state index contributed by atoms with van der Waals surface area (Å²) in [5.41, 5.74) is 4.27. The molecular weight excluding hydrogens is 438 g/mol. The highest BCUT2D eigenvalue weighted by atomic mass is 32.2. The Morgan fingerprint density at radius 3 is 2.61 bits per heavy atom. The van der Waals surface area contributed by atoms with E-state index in [1.165, 1.54) is 35.4 Å². The normalized spacial score (nSPS) is 21.1. The van der Waals surface area contributed by atoms with Gasteiger partial charge in [-0.1, -0.05) is 48.0 Å². The first kappa shape index (κ1) is 21.2. The highest BCUT2D eigenvalue weighted by Crippen LogP contribution is 2.50. The quantitative estimate of drug-likeness (QED) is 0.295. The second-order valence-electron chi connectivity index (χ2n) is 8.55. The number of allylic oxidation sites excluding steroid dienone is 2. The fourth-order valence-electron chi connectivity index (χ4n) is 4.74. The third-order valence-electron chi connectivity index (χ3n) is 6.39. The fraction of sp³-hybridized carbons (Fsp3) is 0.200. The molecule has 1 heterocycles. The second kappa shape index (κ2) is 8.04. The van der Waals surface area contributed by atoms with Crippen LogP contribution in [0.3, 0.4) is 0 Å². The minimum absolute atomic E-state index is 0.112. The molecule has 0 spiro atoms. The van der Waals surface area contributed by atoms with Crippen molar-refractivity contribution in [3.05, 3.63) is 106 Å². The summed E-state index contributed by atoms with van der Waals surface area (Å²) in [6, 6.07) is 19.2. The third-order valence-corrected chi connectivity index (χ3v) is 7.77. The van der Waals surface area contributed by atoms with E-state index in [2.05, 4.69) is 53.4 Å². The minimum Gasteiger partial charge on any atom is -0.378 e. The predicted molar refractivity (Wildman–Crippen MR) is 128 cm³/mol. The van der Waals surface area contributed by atoms with Gasteiger partial charge in [-0.15, -0.1) is 0 Å². The molecule has 5 rings (SSSR count). The molecule has 2 aliphatic rings. The van der Waals surface area contributed by atoms with Crippen LogP contribution in [0.15, 0.2) is 83.8 Å². The van der Waals surface area contributed by atoms with E-state index in [0.717, 1.165) is 17.7 Å². The summed E-state index contributed by atoms with van der Waals surface area (Å²) < 4.78 is 28.6. The maximum Gasteiger partial charge on any atom is 0.271 e. The van der Waals surface area contributed by atoms with Crippen LogP contribution < -0.4 is 10.0 Å². The number of non-ortho nitro benzene ring substituents is 1. The first-order valence-corrected chi connectivity index (χ1v) is 12.2. The molecule has 168 valence electrons. The number of nitro benzene ring substituents is 1. The van der Waals surface area contributed by atoms with Crippen LogP contribution in [-0.2, 0) is 10.0 Å². The lowest BCUT2D eigenvalue weighted by Gasteiger charge is -2.37. The molecule has 0 saturated carbocycles. The van der Waals surface area contributed by atoms with Gasteiger partial charge in [0.15, 0.2) is 0 Å². The Labute approximate surface area is 192 Å². The number of rotatable bonds is 5. The maximum absolute atomic E-state index is 13.1. The van der Waals surface area contributed by atoms with Gasteiger partial charge in [0.2, 0.25) is 0 Å². The van der Waals surface area contributed by atoms with Crippen molar-refractivity contribution < 1.29 is 13.3 Å². The van der Waals surface area contributed by atoms with Gasteiger partial charge in [-0.3, -0.25) is 14.8 Å². The standard InChI is InChI=1S/C25H23N3O4S/c1-16-8-10-17(11-9-16)25-22-7-3-6-21(22)23-15-20(12-13-24(23)26-25)33(31,32)27-18-4-2-5-19(14-18)28(29)30/h2-6,8-15,21-22,25-27H,7H2,1H3/t21-,22+,25+/m0/s1. The molecular formula is C25H23N3O4S. The Morgan fingerprint density at radius 1 is 1.06 bits per heavy atom. The van der Waals surface area contributed by atoms with Crippen LogP contribution in [-0.4, -0.2) is 13.3 Å². The minimum atomic E-state index is -3.91. The van der Waals surface area contributed by atoms with Gasteiger partial charge in [0.1, 0.15) is 0 Å². The zero-order chi connectivity index (χ0) is 23.2. The zero-order valence-electron chi connectivity index (χ0n) is 17.9. The molecule has 33 heavy (non-hydrogen) atoms. The molecule has 0 radical (unpaired) electrons. The number of nitrogens with one attached hydrogen (secondary N) is 2. The van der Waals surface area contributed by atoms with Crippen LogP contribution in [0.2, 0.25) is 0 Å². The third kappa shape index (κ3) is 3.98. The lowest BCUT2D eigenvalue weighted by molar-refractivity contribution is -0.384. The molecule has 2 N–H and O–H groups in total. The number of aryl methyl sites for hydroxylation is 1. The van der Waals surface area contributed by atoms with E-state index >= 15 is 0 Å². The Bertz CT molecular complexity index is 1370. The van der Waals surface area contributed by atoms with Crippen molar-refractivity contribution in [3.8, 4) is 0 Å². The average molecular weight is 462 g/mol. The Morgan fingerprint density at radius 2 is 1.85 bits per heavy atom. The lowest BCUT2D eigenvalue weighted by Crippen LogP contribution is -2.29. The maximum atomic E-state index is 13.1. The number of nitro groups is 1. The molecule has 0 fully saturated rings. The lowest BCUT2D eigenvalue weighted by atomic mass is 9.77. The number of fused-ring (bicyclic) bond motifs is 3. The molecule has 0 unspecified atom stereocenters. The van der Waals surface area contributed by atoms with Crippen molar-refractivity contribution in [1.82, 2.24) is 0 Å². The highest BCUT2D eigenvalue weighted by Gasteiger charge is 2.38. The van der Waals surface area contributed by atoms with Crippen molar-refractivity contribution in [2.45, 2.75) is 30.2 Å². The molecule has 0 saturated heterocycles. The van der Waals surface area contributed by atoms with E-state index < -0.39 is 14.9 Å². The van der Waals surface area contributed by atoms with E-state index in [9.17, 15) is 18.5 Å². The van der Waals surface area contributed by atoms with E-state index in [1.807, 2.05) is 0 Å². The van der Waals surface area contributed by atoms with E-state index in [-0.39, 0.29) is 28.2 Å². The molecule has 1 aliphatic carbocycles. The first-order chi connectivity index (χ1) is 15.8. The van der Waals surface area contributed by atoms with Gasteiger partial charge in [-0.25, -0.2) is 8.42 Å². The molecule has 3 aromatic rings. The van der Waals surface area contributed by atoms with Crippen molar-refractivity contribution in [2.75, 3.05) is 10.0 Å². The van der Waals surface area contributed by atoms with Gasteiger partial charge >= 0.3 is 0 Å². The van der Waals surface area contributed by atoms with Gasteiger partial charge in [0.05, 0.1) is 21.5 Å². The van der Waals surface area contributed by atoms with Crippen LogP contribution >= 0.6 is 0 Å². The Kier molecular flexibility index (Phi) is 5.17. The summed E-state index contributed by atoms with van der Waals surface area (Å²) in [6.07, 6.45) is 5.24. The smallest absolute Gasteiger partial charge is 0.271 e. The molecule has 8 heteroatoms. The van der Waals surface area contributed by atoms with Gasteiger partial charge in [-0.05, 0) is 54.7 Å². The number of nitrogens with zero attached hydrogens (tertiary/aromatic N) is 1. The number of anilines is 2. The van der Waals surface area contributed by atoms with Crippen LogP contribution in [0, 0.1) is 23.0 Å². The number of hydrogen-bond acceptors (Lipinski definition) is 5. The van der Waals surface area contributed by atoms with Crippen molar-refractivity contribution in [2.24, 2.45) is 5.92 Å². The highest BCUT2D eigenvalue weighted by molar-refractivity contribution is 7.92. The van der Waals surface area contributed by atoms with Crippen LogP contribution in [0.1, 0.15) is 35.1 Å². The Hall–Kier alpha value is -3.65. The number of hydrogen-bond donors (Lipinski definition) is 2. The van der Waals surface area contributed by atoms with Crippen LogP contribution in [0.4, 0.5) is 17.1 Å². The van der Waals surface area contributed by atoms with Gasteiger partial charge in [-0.2, -0.15) is 0 Å². The average Bonchev–Trinajstić information content (AvgIpc) is 3.29. The molecule has 0 amide bonds. The zero-order valence-corrected chi connectivity index (χ0v) is 18.7. The van der Waals surface area contributed by atoms with Gasteiger partial charge in [0.25, 0.3) is 15.7 Å². The molecule has 0 bridgehead atoms. The topological polar surface area (TPSA) is 101 Å². The fourth-order valence-corrected chi connectivity index (χ4v) is 5.82. The Balaban J connectivity index is 1.47. The summed E-state index contributed by atoms with van der Waals surface area (Å²) in [6.45, 7) is 2.07. The largest absolute Gasteiger partial charge is 0.378 e. The van der Waals surface area contributed by atoms with Gasteiger partial charge < -0.3 is 5.32 Å². The van der Waals surface area contributed by atoms with Crippen molar-refractivity contribution in [1.29, 1.82) is 0 Å². The van der Waals surface area contributed by atoms with Gasteiger partial charge in [0, 0.05) is 23.7 Å². The summed E-state index contributed by atoms with van der Waals surface area (Å²) >= 11 is 0. The summed E-state index contributed by atoms with van der Waals surface area (Å²) in [4.78, 5) is 10.6. The number of sulfonamides is 1. The number of benzene rings is 3. The monoisotopic (exact) mass is 461 g/mol. The SMILES string of the molecule is Cc1ccc([C@H]2Nc3ccc(S(=O)(=O)Nc4cccc([N+](=O)[O-])c4)cc3[C@H]3C=CC[C@H]32)cc1. The van der Waals surface area contributed by atoms with Crippen molar-refractivity contribution >= 4 is 27.1 Å². The van der Waals surface area contributed by atoms with E-state index in [1.54, 1.807) is 18.2 Å². The predicted octanol–water partition coefficient (Wildman–Crippen LogP) is 5.53. The molecule has 3 atom stereocenters. The van der Waals surface area contributed by atoms with Crippen LogP contribution in [0.25, 0.3) is 0 Å². The molecule has 3 aromatic carbocycles. The van der Waals surface area contributed by atoms with E-state index in [0.29, 0.717) is 5.92 Å². The van der Waals surface area contributed by atoms with Crippen molar-refractivity contribution in [3.63, 3.8) is 0 Å².